The number of hydrogen-bond donors (Lipinski definition) is 1. The first-order valence-corrected chi connectivity index (χ1v) is 5.67. The van der Waals surface area contributed by atoms with Crippen molar-refractivity contribution in [1.82, 2.24) is 4.90 Å². The van der Waals surface area contributed by atoms with E-state index >= 15 is 0 Å². The average Bonchev–Trinajstić information content (AvgIpc) is 2.33. The quantitative estimate of drug-likeness (QED) is 0.868. The van der Waals surface area contributed by atoms with Crippen LogP contribution in [0.1, 0.15) is 15.9 Å². The number of alkyl halides is 6. The molecule has 1 amide bonds. The smallest absolute Gasteiger partial charge is 0.387 e. The molecule has 0 atom stereocenters. The Morgan fingerprint density at radius 1 is 1.19 bits per heavy atom. The minimum atomic E-state index is -4.69. The fourth-order valence-corrected chi connectivity index (χ4v) is 1.66. The first-order valence-electron chi connectivity index (χ1n) is 5.67. The number of nitrogens with one attached hydrogen (secondary N) is 1. The summed E-state index contributed by atoms with van der Waals surface area (Å²) in [4.78, 5) is 12.2. The van der Waals surface area contributed by atoms with Crippen molar-refractivity contribution < 1.29 is 31.1 Å². The Labute approximate surface area is 116 Å². The maximum atomic E-state index is 12.6. The van der Waals surface area contributed by atoms with Gasteiger partial charge in [-0.2, -0.15) is 26.3 Å². The number of carbonyl (C=O) groups is 1. The van der Waals surface area contributed by atoms with Crippen LogP contribution in [0.2, 0.25) is 0 Å². The Balaban J connectivity index is 3.18. The number of nitrogens with zero attached hydrogens (tertiary/aromatic N) is 1. The van der Waals surface area contributed by atoms with Gasteiger partial charge in [-0.15, -0.1) is 0 Å². The van der Waals surface area contributed by atoms with E-state index in [0.717, 1.165) is 19.2 Å². The zero-order valence-electron chi connectivity index (χ0n) is 11.1. The lowest BCUT2D eigenvalue weighted by molar-refractivity contribution is -0.139. The molecule has 0 spiro atoms. The third-order valence-electron chi connectivity index (χ3n) is 2.61. The predicted molar refractivity (Wildman–Crippen MR) is 64.0 cm³/mol. The second-order valence-electron chi connectivity index (χ2n) is 4.28. The monoisotopic (exact) mass is 314 g/mol. The minimum absolute atomic E-state index is 0.0158. The maximum absolute atomic E-state index is 12.6. The van der Waals surface area contributed by atoms with E-state index in [0.29, 0.717) is 11.0 Å². The summed E-state index contributed by atoms with van der Waals surface area (Å²) in [7, 11) is 2.22. The third-order valence-corrected chi connectivity index (χ3v) is 2.61. The van der Waals surface area contributed by atoms with Gasteiger partial charge in [-0.3, -0.25) is 4.79 Å². The van der Waals surface area contributed by atoms with Crippen LogP contribution in [0, 0.1) is 0 Å². The highest BCUT2D eigenvalue weighted by molar-refractivity contribution is 5.99. The number of anilines is 1. The van der Waals surface area contributed by atoms with E-state index in [9.17, 15) is 31.1 Å². The highest BCUT2D eigenvalue weighted by Gasteiger charge is 2.34. The minimum Gasteiger partial charge on any atom is -0.387 e. The molecular weight excluding hydrogens is 302 g/mol. The van der Waals surface area contributed by atoms with Crippen LogP contribution in [0.4, 0.5) is 32.0 Å². The summed E-state index contributed by atoms with van der Waals surface area (Å²) < 4.78 is 74.6. The van der Waals surface area contributed by atoms with Crippen LogP contribution in [0.15, 0.2) is 18.2 Å². The van der Waals surface area contributed by atoms with E-state index in [2.05, 4.69) is 5.32 Å². The van der Waals surface area contributed by atoms with Crippen molar-refractivity contribution >= 4 is 11.6 Å². The van der Waals surface area contributed by atoms with Gasteiger partial charge in [0.05, 0.1) is 11.1 Å². The zero-order valence-corrected chi connectivity index (χ0v) is 11.1. The molecule has 0 saturated heterocycles. The molecule has 9 heteroatoms. The van der Waals surface area contributed by atoms with Crippen molar-refractivity contribution in [2.24, 2.45) is 0 Å². The van der Waals surface area contributed by atoms with Gasteiger partial charge in [-0.25, -0.2) is 0 Å². The zero-order chi connectivity index (χ0) is 16.4. The molecule has 0 heterocycles. The van der Waals surface area contributed by atoms with Gasteiger partial charge < -0.3 is 10.2 Å². The summed E-state index contributed by atoms with van der Waals surface area (Å²) in [5.41, 5.74) is -1.56. The molecule has 0 aromatic heterocycles. The van der Waals surface area contributed by atoms with Crippen molar-refractivity contribution in [3.63, 3.8) is 0 Å². The largest absolute Gasteiger partial charge is 0.416 e. The van der Waals surface area contributed by atoms with E-state index in [1.54, 1.807) is 0 Å². The van der Waals surface area contributed by atoms with E-state index in [-0.39, 0.29) is 5.69 Å². The summed E-state index contributed by atoms with van der Waals surface area (Å²) in [6.07, 6.45) is -9.32. The molecule has 1 N–H and O–H groups in total. The number of halogens is 6. The van der Waals surface area contributed by atoms with Crippen molar-refractivity contribution in [3.05, 3.63) is 29.3 Å². The van der Waals surface area contributed by atoms with Gasteiger partial charge in [0.1, 0.15) is 6.54 Å². The van der Waals surface area contributed by atoms with Crippen LogP contribution >= 0.6 is 0 Å². The lowest BCUT2D eigenvalue weighted by atomic mass is 10.1. The summed E-state index contributed by atoms with van der Waals surface area (Å²) in [6, 6.07) is 2.27. The predicted octanol–water partition coefficient (Wildman–Crippen LogP) is 3.38. The molecule has 21 heavy (non-hydrogen) atoms. The molecular formula is C12H12F6N2O. The van der Waals surface area contributed by atoms with Gasteiger partial charge in [0, 0.05) is 19.8 Å². The molecule has 1 aromatic rings. The second-order valence-corrected chi connectivity index (χ2v) is 4.28. The van der Waals surface area contributed by atoms with Crippen molar-refractivity contribution in [2.45, 2.75) is 12.4 Å². The van der Waals surface area contributed by atoms with Crippen molar-refractivity contribution in [2.75, 3.05) is 26.0 Å². The molecule has 118 valence electrons. The Kier molecular flexibility index (Phi) is 4.75. The topological polar surface area (TPSA) is 32.3 Å². The molecule has 0 radical (unpaired) electrons. The van der Waals surface area contributed by atoms with Gasteiger partial charge in [-0.1, -0.05) is 0 Å². The number of benzene rings is 1. The van der Waals surface area contributed by atoms with E-state index in [1.807, 2.05) is 0 Å². The highest BCUT2D eigenvalue weighted by Crippen LogP contribution is 2.32. The molecule has 0 aliphatic rings. The Hall–Kier alpha value is -1.93. The number of amides is 1. The van der Waals surface area contributed by atoms with Crippen LogP contribution in [0.5, 0.6) is 0 Å². The first kappa shape index (κ1) is 17.1. The molecule has 0 bridgehead atoms. The average molecular weight is 314 g/mol. The third kappa shape index (κ3) is 4.54. The fraction of sp³-hybridized carbons (Fsp3) is 0.417. The van der Waals surface area contributed by atoms with Crippen molar-refractivity contribution in [1.29, 1.82) is 0 Å². The lowest BCUT2D eigenvalue weighted by Gasteiger charge is -2.21. The number of rotatable bonds is 3. The molecule has 3 nitrogen and oxygen atoms in total. The molecule has 1 rings (SSSR count). The highest BCUT2D eigenvalue weighted by atomic mass is 19.4. The summed E-state index contributed by atoms with van der Waals surface area (Å²) in [6.45, 7) is -1.55. The Morgan fingerprint density at radius 2 is 1.76 bits per heavy atom. The van der Waals surface area contributed by atoms with E-state index < -0.39 is 35.9 Å². The van der Waals surface area contributed by atoms with Crippen molar-refractivity contribution in [3.8, 4) is 0 Å². The van der Waals surface area contributed by atoms with Crippen LogP contribution in [-0.2, 0) is 6.18 Å². The lowest BCUT2D eigenvalue weighted by Crippen LogP contribution is -2.36. The van der Waals surface area contributed by atoms with Gasteiger partial charge >= 0.3 is 12.4 Å². The summed E-state index contributed by atoms with van der Waals surface area (Å²) in [5, 5.41) is 2.48. The van der Waals surface area contributed by atoms with E-state index in [1.165, 1.54) is 7.05 Å². The number of hydrogen-bond acceptors (Lipinski definition) is 2. The standard InChI is InChI=1S/C12H12F6N2O/c1-19-9-4-3-7(12(16,17)18)5-8(9)10(21)20(2)6-11(13,14)15/h3-5,19H,6H2,1-2H3. The van der Waals surface area contributed by atoms with E-state index in [4.69, 9.17) is 0 Å². The second kappa shape index (κ2) is 5.82. The number of carbonyl (C=O) groups excluding carboxylic acids is 1. The molecule has 0 aliphatic heterocycles. The Bertz CT molecular complexity index is 523. The molecule has 0 fully saturated rings. The SMILES string of the molecule is CNc1ccc(C(F)(F)F)cc1C(=O)N(C)CC(F)(F)F. The molecule has 0 saturated carbocycles. The van der Waals surface area contributed by atoms with Crippen LogP contribution in [-0.4, -0.2) is 37.6 Å². The Morgan fingerprint density at radius 3 is 2.19 bits per heavy atom. The van der Waals surface area contributed by atoms with Gasteiger partial charge in [0.2, 0.25) is 0 Å². The van der Waals surface area contributed by atoms with Crippen LogP contribution in [0.25, 0.3) is 0 Å². The molecule has 0 aliphatic carbocycles. The normalized spacial score (nSPS) is 12.2. The first-order chi connectivity index (χ1) is 9.45. The van der Waals surface area contributed by atoms with Crippen LogP contribution < -0.4 is 5.32 Å². The van der Waals surface area contributed by atoms with Gasteiger partial charge in [-0.05, 0) is 18.2 Å². The summed E-state index contributed by atoms with van der Waals surface area (Å²) in [5.74, 6) is -1.15. The maximum Gasteiger partial charge on any atom is 0.416 e. The molecule has 1 aromatic carbocycles. The van der Waals surface area contributed by atoms with Crippen LogP contribution in [0.3, 0.4) is 0 Å². The fourth-order valence-electron chi connectivity index (χ4n) is 1.66. The summed E-state index contributed by atoms with van der Waals surface area (Å²) >= 11 is 0. The molecule has 0 unspecified atom stereocenters. The van der Waals surface area contributed by atoms with Gasteiger partial charge in [0.25, 0.3) is 5.91 Å². The van der Waals surface area contributed by atoms with Gasteiger partial charge in [0.15, 0.2) is 0 Å².